The number of allylic oxidation sites excluding steroid dienone is 2. The highest BCUT2D eigenvalue weighted by molar-refractivity contribution is 5.76. The fourth-order valence-corrected chi connectivity index (χ4v) is 4.41. The third-order valence-corrected chi connectivity index (χ3v) is 6.63. The van der Waals surface area contributed by atoms with Crippen molar-refractivity contribution in [1.82, 2.24) is 0 Å². The second kappa shape index (κ2) is 21.1. The summed E-state index contributed by atoms with van der Waals surface area (Å²) in [5.74, 6) is 0.0547. The maximum atomic E-state index is 12.9. The lowest BCUT2D eigenvalue weighted by molar-refractivity contribution is -0.161. The zero-order valence-corrected chi connectivity index (χ0v) is 22.0. The van der Waals surface area contributed by atoms with Gasteiger partial charge in [-0.05, 0) is 58.8 Å². The summed E-state index contributed by atoms with van der Waals surface area (Å²) in [6.07, 6.45) is 28.2. The van der Waals surface area contributed by atoms with Crippen LogP contribution in [-0.2, 0) is 9.53 Å². The molecule has 1 atom stereocenters. The normalized spacial score (nSPS) is 13.7. The quantitative estimate of drug-likeness (QED) is 0.0958. The van der Waals surface area contributed by atoms with E-state index in [1.807, 2.05) is 13.8 Å². The maximum absolute atomic E-state index is 12.9. The van der Waals surface area contributed by atoms with Gasteiger partial charge in [0.05, 0.1) is 11.5 Å². The number of esters is 1. The van der Waals surface area contributed by atoms with E-state index in [1.54, 1.807) is 0 Å². The van der Waals surface area contributed by atoms with Crippen molar-refractivity contribution in [3.8, 4) is 0 Å². The molecular weight excluding hydrogens is 380 g/mol. The Bertz CT molecular complexity index is 426. The second-order valence-electron chi connectivity index (χ2n) is 9.88. The third kappa shape index (κ3) is 16.5. The van der Waals surface area contributed by atoms with Crippen LogP contribution < -0.4 is 0 Å². The summed E-state index contributed by atoms with van der Waals surface area (Å²) < 4.78 is 5.69. The van der Waals surface area contributed by atoms with Crippen LogP contribution in [0.3, 0.4) is 0 Å². The van der Waals surface area contributed by atoms with E-state index in [-0.39, 0.29) is 17.5 Å². The van der Waals surface area contributed by atoms with E-state index in [2.05, 4.69) is 32.9 Å². The van der Waals surface area contributed by atoms with Crippen LogP contribution in [0, 0.1) is 5.41 Å². The van der Waals surface area contributed by atoms with E-state index in [9.17, 15) is 4.79 Å². The van der Waals surface area contributed by atoms with Crippen molar-refractivity contribution in [3.63, 3.8) is 0 Å². The SMILES string of the molecule is CCCCCCCCC=CCCCCCCC(CC)(CCCCCC)C(=O)OC(C)C. The molecule has 184 valence electrons. The minimum Gasteiger partial charge on any atom is -0.463 e. The molecule has 2 nitrogen and oxygen atoms in total. The molecule has 0 saturated heterocycles. The molecule has 0 N–H and O–H groups in total. The van der Waals surface area contributed by atoms with Crippen molar-refractivity contribution in [1.29, 1.82) is 0 Å². The van der Waals surface area contributed by atoms with Crippen LogP contribution in [0.25, 0.3) is 0 Å². The summed E-state index contributed by atoms with van der Waals surface area (Å²) in [6, 6.07) is 0. The van der Waals surface area contributed by atoms with Crippen LogP contribution in [0.1, 0.15) is 157 Å². The van der Waals surface area contributed by atoms with Crippen LogP contribution in [0.2, 0.25) is 0 Å². The summed E-state index contributed by atoms with van der Waals surface area (Å²) in [4.78, 5) is 12.9. The summed E-state index contributed by atoms with van der Waals surface area (Å²) in [5.41, 5.74) is -0.255. The first-order valence-corrected chi connectivity index (χ1v) is 13.9. The number of hydrogen-bond acceptors (Lipinski definition) is 2. The van der Waals surface area contributed by atoms with Gasteiger partial charge in [0.2, 0.25) is 0 Å². The minimum absolute atomic E-state index is 0.0165. The molecule has 0 heterocycles. The lowest BCUT2D eigenvalue weighted by Gasteiger charge is -2.31. The van der Waals surface area contributed by atoms with Gasteiger partial charge in [-0.2, -0.15) is 0 Å². The minimum atomic E-state index is -0.255. The molecule has 0 aliphatic rings. The van der Waals surface area contributed by atoms with Crippen molar-refractivity contribution in [3.05, 3.63) is 12.2 Å². The van der Waals surface area contributed by atoms with Gasteiger partial charge in [0.15, 0.2) is 0 Å². The van der Waals surface area contributed by atoms with Crippen LogP contribution in [0.5, 0.6) is 0 Å². The molecule has 0 aliphatic heterocycles. The molecule has 0 bridgehead atoms. The summed E-state index contributed by atoms with van der Waals surface area (Å²) in [6.45, 7) is 10.6. The van der Waals surface area contributed by atoms with Gasteiger partial charge in [-0.3, -0.25) is 4.79 Å². The fourth-order valence-electron chi connectivity index (χ4n) is 4.41. The van der Waals surface area contributed by atoms with Crippen molar-refractivity contribution >= 4 is 5.97 Å². The number of unbranched alkanes of at least 4 members (excludes halogenated alkanes) is 13. The zero-order valence-electron chi connectivity index (χ0n) is 22.0. The fraction of sp³-hybridized carbons (Fsp3) is 0.897. The average molecular weight is 437 g/mol. The van der Waals surface area contributed by atoms with Gasteiger partial charge in [-0.1, -0.05) is 110 Å². The second-order valence-corrected chi connectivity index (χ2v) is 9.88. The lowest BCUT2D eigenvalue weighted by Crippen LogP contribution is -2.34. The van der Waals surface area contributed by atoms with E-state index < -0.39 is 0 Å². The first-order chi connectivity index (χ1) is 15.0. The van der Waals surface area contributed by atoms with Crippen molar-refractivity contribution in [2.45, 2.75) is 163 Å². The summed E-state index contributed by atoms with van der Waals surface area (Å²) >= 11 is 0. The zero-order chi connectivity index (χ0) is 23.2. The van der Waals surface area contributed by atoms with Crippen molar-refractivity contribution in [2.24, 2.45) is 5.41 Å². The lowest BCUT2D eigenvalue weighted by atomic mass is 9.75. The Morgan fingerprint density at radius 3 is 1.55 bits per heavy atom. The smallest absolute Gasteiger partial charge is 0.312 e. The van der Waals surface area contributed by atoms with E-state index in [0.29, 0.717) is 0 Å². The maximum Gasteiger partial charge on any atom is 0.312 e. The molecule has 31 heavy (non-hydrogen) atoms. The van der Waals surface area contributed by atoms with Gasteiger partial charge in [0.1, 0.15) is 0 Å². The highest BCUT2D eigenvalue weighted by atomic mass is 16.5. The van der Waals surface area contributed by atoms with Gasteiger partial charge >= 0.3 is 5.97 Å². The monoisotopic (exact) mass is 436 g/mol. The molecule has 0 aromatic carbocycles. The highest BCUT2D eigenvalue weighted by Crippen LogP contribution is 2.37. The highest BCUT2D eigenvalue weighted by Gasteiger charge is 2.37. The first kappa shape index (κ1) is 30.2. The topological polar surface area (TPSA) is 26.3 Å². The Hall–Kier alpha value is -0.790. The summed E-state index contributed by atoms with van der Waals surface area (Å²) in [5, 5.41) is 0. The molecule has 0 amide bonds. The Labute approximate surface area is 196 Å². The number of carbonyl (C=O) groups excluding carboxylic acids is 1. The number of hydrogen-bond donors (Lipinski definition) is 0. The van der Waals surface area contributed by atoms with Crippen LogP contribution in [-0.4, -0.2) is 12.1 Å². The van der Waals surface area contributed by atoms with Crippen LogP contribution in [0.15, 0.2) is 12.2 Å². The van der Waals surface area contributed by atoms with Crippen molar-refractivity contribution < 1.29 is 9.53 Å². The van der Waals surface area contributed by atoms with E-state index in [4.69, 9.17) is 4.74 Å². The molecule has 0 aromatic rings. The average Bonchev–Trinajstić information content (AvgIpc) is 2.75. The number of rotatable bonds is 22. The molecule has 0 aliphatic carbocycles. The molecule has 0 rings (SSSR count). The molecule has 0 fully saturated rings. The van der Waals surface area contributed by atoms with Gasteiger partial charge < -0.3 is 4.74 Å². The van der Waals surface area contributed by atoms with E-state index >= 15 is 0 Å². The molecule has 0 radical (unpaired) electrons. The molecule has 2 heteroatoms. The molecule has 0 aromatic heterocycles. The molecular formula is C29H56O2. The largest absolute Gasteiger partial charge is 0.463 e. The Morgan fingerprint density at radius 2 is 1.10 bits per heavy atom. The Kier molecular flexibility index (Phi) is 20.5. The van der Waals surface area contributed by atoms with Gasteiger partial charge in [0.25, 0.3) is 0 Å². The number of carbonyl (C=O) groups is 1. The molecule has 0 spiro atoms. The third-order valence-electron chi connectivity index (χ3n) is 6.63. The standard InChI is InChI=1S/C29H56O2/c1-6-9-11-13-14-15-16-17-18-19-20-21-22-24-26-29(8-3,25-23-12-10-7-2)28(30)31-27(4)5/h17-18,27H,6-16,19-26H2,1-5H3. The van der Waals surface area contributed by atoms with Crippen molar-refractivity contribution in [2.75, 3.05) is 0 Å². The first-order valence-electron chi connectivity index (χ1n) is 13.9. The molecule has 1 unspecified atom stereocenters. The van der Waals surface area contributed by atoms with Crippen LogP contribution in [0.4, 0.5) is 0 Å². The number of ether oxygens (including phenoxy) is 1. The van der Waals surface area contributed by atoms with Crippen LogP contribution >= 0.6 is 0 Å². The predicted molar refractivity (Wildman–Crippen MR) is 138 cm³/mol. The summed E-state index contributed by atoms with van der Waals surface area (Å²) in [7, 11) is 0. The Morgan fingerprint density at radius 1 is 0.677 bits per heavy atom. The molecule has 0 saturated carbocycles. The Balaban J connectivity index is 4.09. The predicted octanol–water partition coefficient (Wildman–Crippen LogP) is 9.95. The van der Waals surface area contributed by atoms with Gasteiger partial charge in [-0.15, -0.1) is 0 Å². The van der Waals surface area contributed by atoms with E-state index in [1.165, 1.54) is 89.9 Å². The van der Waals surface area contributed by atoms with Gasteiger partial charge in [0, 0.05) is 0 Å². The van der Waals surface area contributed by atoms with Gasteiger partial charge in [-0.25, -0.2) is 0 Å². The van der Waals surface area contributed by atoms with E-state index in [0.717, 1.165) is 32.1 Å².